The minimum atomic E-state index is -4.62. The third-order valence-corrected chi connectivity index (χ3v) is 3.11. The quantitative estimate of drug-likeness (QED) is 0.740. The van der Waals surface area contributed by atoms with Crippen molar-refractivity contribution < 1.29 is 22.8 Å². The van der Waals surface area contributed by atoms with Crippen LogP contribution in [0.15, 0.2) is 0 Å². The van der Waals surface area contributed by atoms with E-state index in [0.29, 0.717) is 0 Å². The van der Waals surface area contributed by atoms with Gasteiger partial charge in [-0.3, -0.25) is 9.59 Å². The second kappa shape index (κ2) is 5.13. The molecule has 0 spiro atoms. The van der Waals surface area contributed by atoms with Crippen LogP contribution < -0.4 is 10.6 Å². The van der Waals surface area contributed by atoms with E-state index in [-0.39, 0.29) is 19.5 Å². The lowest BCUT2D eigenvalue weighted by atomic mass is 9.84. The SMILES string of the molecule is CNC(=O)CN(C)C(=O)C1(C(F)(F)F)CCNC1. The molecule has 5 nitrogen and oxygen atoms in total. The van der Waals surface area contributed by atoms with Crippen LogP contribution in [-0.4, -0.2) is 56.6 Å². The van der Waals surface area contributed by atoms with Gasteiger partial charge in [-0.2, -0.15) is 13.2 Å². The molecule has 18 heavy (non-hydrogen) atoms. The predicted octanol–water partition coefficient (Wildman–Crippen LogP) is -0.267. The van der Waals surface area contributed by atoms with Gasteiger partial charge in [0.15, 0.2) is 5.41 Å². The molecule has 2 N–H and O–H groups in total. The zero-order valence-electron chi connectivity index (χ0n) is 10.2. The molecule has 2 amide bonds. The Morgan fingerprint density at radius 1 is 1.44 bits per heavy atom. The van der Waals surface area contributed by atoms with Gasteiger partial charge in [-0.25, -0.2) is 0 Å². The number of carbonyl (C=O) groups is 2. The van der Waals surface area contributed by atoms with Crippen LogP contribution >= 0.6 is 0 Å². The van der Waals surface area contributed by atoms with E-state index in [1.165, 1.54) is 14.1 Å². The van der Waals surface area contributed by atoms with E-state index < -0.39 is 30.0 Å². The first kappa shape index (κ1) is 14.7. The molecular formula is C10H16F3N3O2. The Morgan fingerprint density at radius 3 is 2.44 bits per heavy atom. The van der Waals surface area contributed by atoms with Gasteiger partial charge in [-0.15, -0.1) is 0 Å². The minimum Gasteiger partial charge on any atom is -0.358 e. The number of nitrogens with one attached hydrogen (secondary N) is 2. The first-order valence-corrected chi connectivity index (χ1v) is 5.48. The normalized spacial score (nSPS) is 23.8. The highest BCUT2D eigenvalue weighted by molar-refractivity contribution is 5.88. The lowest BCUT2D eigenvalue weighted by Gasteiger charge is -2.33. The number of alkyl halides is 3. The van der Waals surface area contributed by atoms with Gasteiger partial charge in [-0.05, 0) is 13.0 Å². The molecule has 0 radical (unpaired) electrons. The summed E-state index contributed by atoms with van der Waals surface area (Å²) in [4.78, 5) is 23.9. The molecule has 0 aliphatic carbocycles. The molecule has 1 rings (SSSR count). The van der Waals surface area contributed by atoms with Crippen molar-refractivity contribution in [3.05, 3.63) is 0 Å². The fourth-order valence-corrected chi connectivity index (χ4v) is 1.97. The lowest BCUT2D eigenvalue weighted by Crippen LogP contribution is -2.54. The van der Waals surface area contributed by atoms with Crippen molar-refractivity contribution in [1.82, 2.24) is 15.5 Å². The Balaban J connectivity index is 2.88. The summed E-state index contributed by atoms with van der Waals surface area (Å²) in [5, 5.41) is 4.82. The Bertz CT molecular complexity index is 338. The monoisotopic (exact) mass is 267 g/mol. The Hall–Kier alpha value is -1.31. The summed E-state index contributed by atoms with van der Waals surface area (Å²) in [7, 11) is 2.56. The number of carbonyl (C=O) groups excluding carboxylic acids is 2. The van der Waals surface area contributed by atoms with E-state index in [9.17, 15) is 22.8 Å². The fraction of sp³-hybridized carbons (Fsp3) is 0.800. The molecule has 0 bridgehead atoms. The number of halogens is 3. The first-order chi connectivity index (χ1) is 8.24. The molecule has 1 aliphatic heterocycles. The van der Waals surface area contributed by atoms with Gasteiger partial charge >= 0.3 is 6.18 Å². The third kappa shape index (κ3) is 2.58. The van der Waals surface area contributed by atoms with Crippen molar-refractivity contribution in [2.45, 2.75) is 12.6 Å². The highest BCUT2D eigenvalue weighted by atomic mass is 19.4. The number of hydrogen-bond acceptors (Lipinski definition) is 3. The maximum absolute atomic E-state index is 13.1. The molecule has 8 heteroatoms. The van der Waals surface area contributed by atoms with Gasteiger partial charge in [0.05, 0.1) is 6.54 Å². The number of likely N-dealkylation sites (N-methyl/N-ethyl adjacent to an activating group) is 2. The van der Waals surface area contributed by atoms with Crippen LogP contribution in [0.5, 0.6) is 0 Å². The first-order valence-electron chi connectivity index (χ1n) is 5.48. The van der Waals surface area contributed by atoms with Gasteiger partial charge < -0.3 is 15.5 Å². The largest absolute Gasteiger partial charge is 0.404 e. The lowest BCUT2D eigenvalue weighted by molar-refractivity contribution is -0.221. The van der Waals surface area contributed by atoms with Gasteiger partial charge in [0.1, 0.15) is 0 Å². The second-order valence-electron chi connectivity index (χ2n) is 4.34. The van der Waals surface area contributed by atoms with E-state index >= 15 is 0 Å². The smallest absolute Gasteiger partial charge is 0.358 e. The molecule has 1 fully saturated rings. The van der Waals surface area contributed by atoms with Crippen molar-refractivity contribution >= 4 is 11.8 Å². The molecule has 0 saturated carbocycles. The summed E-state index contributed by atoms with van der Waals surface area (Å²) in [5.41, 5.74) is -2.41. The minimum absolute atomic E-state index is 0.138. The molecule has 0 aromatic carbocycles. The topological polar surface area (TPSA) is 61.4 Å². The maximum Gasteiger partial charge on any atom is 0.404 e. The number of rotatable bonds is 3. The Kier molecular flexibility index (Phi) is 4.20. The summed E-state index contributed by atoms with van der Waals surface area (Å²) >= 11 is 0. The molecule has 0 aromatic rings. The molecule has 104 valence electrons. The van der Waals surface area contributed by atoms with Crippen LogP contribution in [0.4, 0.5) is 13.2 Å². The molecule has 0 aromatic heterocycles. The molecule has 1 unspecified atom stereocenters. The zero-order chi connectivity index (χ0) is 14.0. The zero-order valence-corrected chi connectivity index (χ0v) is 10.2. The molecule has 1 atom stereocenters. The average Bonchev–Trinajstić information content (AvgIpc) is 2.77. The summed E-state index contributed by atoms with van der Waals surface area (Å²) in [6.45, 7) is -0.681. The second-order valence-corrected chi connectivity index (χ2v) is 4.34. The standard InChI is InChI=1S/C10H16F3N3O2/c1-14-7(17)5-16(2)8(18)9(10(11,12)13)3-4-15-6-9/h15H,3-6H2,1-2H3,(H,14,17). The van der Waals surface area contributed by atoms with Gasteiger partial charge in [0, 0.05) is 20.6 Å². The van der Waals surface area contributed by atoms with Crippen LogP contribution in [0.3, 0.4) is 0 Å². The molecule has 1 heterocycles. The van der Waals surface area contributed by atoms with Crippen molar-refractivity contribution in [3.63, 3.8) is 0 Å². The van der Waals surface area contributed by atoms with Gasteiger partial charge in [0.2, 0.25) is 11.8 Å². The van der Waals surface area contributed by atoms with Gasteiger partial charge in [-0.1, -0.05) is 0 Å². The van der Waals surface area contributed by atoms with Crippen molar-refractivity contribution in [1.29, 1.82) is 0 Å². The summed E-state index contributed by atoms with van der Waals surface area (Å²) < 4.78 is 39.2. The summed E-state index contributed by atoms with van der Waals surface area (Å²) in [6.07, 6.45) is -4.92. The predicted molar refractivity (Wildman–Crippen MR) is 57.7 cm³/mol. The van der Waals surface area contributed by atoms with Crippen molar-refractivity contribution in [2.75, 3.05) is 33.7 Å². The highest BCUT2D eigenvalue weighted by Crippen LogP contribution is 2.44. The van der Waals surface area contributed by atoms with Gasteiger partial charge in [0.25, 0.3) is 0 Å². The average molecular weight is 267 g/mol. The third-order valence-electron chi connectivity index (χ3n) is 3.11. The number of amides is 2. The summed E-state index contributed by atoms with van der Waals surface area (Å²) in [6, 6.07) is 0. The maximum atomic E-state index is 13.1. The van der Waals surface area contributed by atoms with E-state index in [1.807, 2.05) is 0 Å². The van der Waals surface area contributed by atoms with Crippen LogP contribution in [-0.2, 0) is 9.59 Å². The van der Waals surface area contributed by atoms with Crippen LogP contribution in [0.25, 0.3) is 0 Å². The van der Waals surface area contributed by atoms with Crippen LogP contribution in [0.2, 0.25) is 0 Å². The van der Waals surface area contributed by atoms with Crippen molar-refractivity contribution in [3.8, 4) is 0 Å². The van der Waals surface area contributed by atoms with E-state index in [4.69, 9.17) is 0 Å². The van der Waals surface area contributed by atoms with Crippen molar-refractivity contribution in [2.24, 2.45) is 5.41 Å². The van der Waals surface area contributed by atoms with Crippen LogP contribution in [0.1, 0.15) is 6.42 Å². The molecular weight excluding hydrogens is 251 g/mol. The Morgan fingerprint density at radius 2 is 2.06 bits per heavy atom. The highest BCUT2D eigenvalue weighted by Gasteiger charge is 2.62. The van der Waals surface area contributed by atoms with E-state index in [1.54, 1.807) is 0 Å². The molecule has 1 saturated heterocycles. The Labute approximate surface area is 103 Å². The van der Waals surface area contributed by atoms with Crippen LogP contribution in [0, 0.1) is 5.41 Å². The van der Waals surface area contributed by atoms with E-state index in [0.717, 1.165) is 4.90 Å². The fourth-order valence-electron chi connectivity index (χ4n) is 1.97. The van der Waals surface area contributed by atoms with E-state index in [2.05, 4.69) is 10.6 Å². The summed E-state index contributed by atoms with van der Waals surface area (Å²) in [5.74, 6) is -1.57. The number of hydrogen-bond donors (Lipinski definition) is 2. The number of nitrogens with zero attached hydrogens (tertiary/aromatic N) is 1. The molecule has 1 aliphatic rings.